The van der Waals surface area contributed by atoms with Crippen LogP contribution >= 0.6 is 0 Å². The second kappa shape index (κ2) is 29.2. The second-order valence-corrected chi connectivity index (χ2v) is 11.0. The third-order valence-electron chi connectivity index (χ3n) is 7.36. The largest absolute Gasteiger partial charge is 0.481 e. The lowest BCUT2D eigenvalue weighted by molar-refractivity contribution is -0.153. The van der Waals surface area contributed by atoms with E-state index in [1.165, 1.54) is 128 Å². The molecule has 1 atom stereocenters. The van der Waals surface area contributed by atoms with Crippen molar-refractivity contribution in [2.45, 2.75) is 174 Å². The van der Waals surface area contributed by atoms with Gasteiger partial charge in [-0.25, -0.2) is 0 Å². The van der Waals surface area contributed by atoms with Crippen LogP contribution in [0.4, 0.5) is 0 Å². The Labute approximate surface area is 230 Å². The van der Waals surface area contributed by atoms with E-state index in [-0.39, 0.29) is 12.4 Å². The van der Waals surface area contributed by atoms with Crippen molar-refractivity contribution in [3.8, 4) is 0 Å². The first-order chi connectivity index (χ1) is 18.1. The van der Waals surface area contributed by atoms with Gasteiger partial charge in [-0.2, -0.15) is 0 Å². The fraction of sp³-hybridized carbons (Fsp3) is 0.879. The van der Waals surface area contributed by atoms with Crippen LogP contribution in [0.15, 0.2) is 12.2 Å². The van der Waals surface area contributed by atoms with Crippen LogP contribution in [0.25, 0.3) is 0 Å². The monoisotopic (exact) mass is 522 g/mol. The molecule has 1 unspecified atom stereocenters. The van der Waals surface area contributed by atoms with E-state index in [1.54, 1.807) is 0 Å². The maximum Gasteiger partial charge on any atom is 0.309 e. The summed E-state index contributed by atoms with van der Waals surface area (Å²) in [4.78, 5) is 23.0. The van der Waals surface area contributed by atoms with Gasteiger partial charge >= 0.3 is 11.9 Å². The molecular formula is C33H62O4. The van der Waals surface area contributed by atoms with E-state index in [4.69, 9.17) is 9.84 Å². The van der Waals surface area contributed by atoms with Crippen molar-refractivity contribution in [1.29, 1.82) is 0 Å². The lowest BCUT2D eigenvalue weighted by Crippen LogP contribution is -2.21. The fourth-order valence-corrected chi connectivity index (χ4v) is 5.01. The van der Waals surface area contributed by atoms with Gasteiger partial charge in [-0.05, 0) is 32.6 Å². The molecule has 0 aliphatic rings. The Bertz CT molecular complexity index is 528. The molecule has 0 aliphatic carbocycles. The summed E-state index contributed by atoms with van der Waals surface area (Å²) < 4.78 is 5.16. The molecule has 218 valence electrons. The summed E-state index contributed by atoms with van der Waals surface area (Å²) in [5.74, 6) is -1.74. The first kappa shape index (κ1) is 35.7. The normalized spacial score (nSPS) is 12.3. The molecular weight excluding hydrogens is 460 g/mol. The maximum absolute atomic E-state index is 12.0. The summed E-state index contributed by atoms with van der Waals surface area (Å²) >= 11 is 0. The van der Waals surface area contributed by atoms with Gasteiger partial charge < -0.3 is 9.84 Å². The lowest BCUT2D eigenvalue weighted by atomic mass is 9.97. The molecule has 4 nitrogen and oxygen atoms in total. The highest BCUT2D eigenvalue weighted by Gasteiger charge is 2.22. The van der Waals surface area contributed by atoms with E-state index in [0.29, 0.717) is 13.0 Å². The van der Waals surface area contributed by atoms with Crippen molar-refractivity contribution in [3.63, 3.8) is 0 Å². The Morgan fingerprint density at radius 1 is 0.649 bits per heavy atom. The smallest absolute Gasteiger partial charge is 0.309 e. The van der Waals surface area contributed by atoms with Crippen molar-refractivity contribution in [2.75, 3.05) is 6.61 Å². The number of hydrogen-bond acceptors (Lipinski definition) is 3. The third kappa shape index (κ3) is 27.5. The maximum atomic E-state index is 12.0. The highest BCUT2D eigenvalue weighted by molar-refractivity contribution is 5.79. The number of esters is 1. The Balaban J connectivity index is 3.33. The highest BCUT2D eigenvalue weighted by Crippen LogP contribution is 2.18. The van der Waals surface area contributed by atoms with Crippen LogP contribution in [0.1, 0.15) is 174 Å². The number of allylic oxidation sites excluding steroid dienone is 2. The van der Waals surface area contributed by atoms with Gasteiger partial charge in [0.15, 0.2) is 0 Å². The molecule has 1 N–H and O–H groups in total. The van der Waals surface area contributed by atoms with Gasteiger partial charge in [0.25, 0.3) is 0 Å². The molecule has 37 heavy (non-hydrogen) atoms. The van der Waals surface area contributed by atoms with Crippen LogP contribution in [0.3, 0.4) is 0 Å². The SMILES string of the molecule is C/C=C/CCCCCCCCCCCCCCCCCCCCCCCC(CC(=O)O)C(=O)OCCC. The van der Waals surface area contributed by atoms with E-state index in [1.807, 2.05) is 6.92 Å². The number of rotatable bonds is 29. The molecule has 0 bridgehead atoms. The quantitative estimate of drug-likeness (QED) is 0.0602. The summed E-state index contributed by atoms with van der Waals surface area (Å²) in [6, 6.07) is 0. The van der Waals surface area contributed by atoms with Crippen LogP contribution < -0.4 is 0 Å². The van der Waals surface area contributed by atoms with Crippen LogP contribution in [-0.4, -0.2) is 23.7 Å². The van der Waals surface area contributed by atoms with Gasteiger partial charge in [0.2, 0.25) is 0 Å². The fourth-order valence-electron chi connectivity index (χ4n) is 5.01. The van der Waals surface area contributed by atoms with Crippen LogP contribution in [0.2, 0.25) is 0 Å². The van der Waals surface area contributed by atoms with Gasteiger partial charge in [-0.3, -0.25) is 9.59 Å². The van der Waals surface area contributed by atoms with E-state index in [9.17, 15) is 9.59 Å². The minimum absolute atomic E-state index is 0.111. The molecule has 4 heteroatoms. The van der Waals surface area contributed by atoms with Gasteiger partial charge in [0.1, 0.15) is 0 Å². The molecule has 0 rings (SSSR count). The molecule has 0 spiro atoms. The number of carboxylic acid groups (broad SMARTS) is 1. The lowest BCUT2D eigenvalue weighted by Gasteiger charge is -2.13. The Hall–Kier alpha value is -1.32. The van der Waals surface area contributed by atoms with Gasteiger partial charge in [0, 0.05) is 0 Å². The summed E-state index contributed by atoms with van der Waals surface area (Å²) in [7, 11) is 0. The number of aliphatic carboxylic acids is 1. The highest BCUT2D eigenvalue weighted by atomic mass is 16.5. The molecule has 0 heterocycles. The minimum atomic E-state index is -0.915. The third-order valence-corrected chi connectivity index (χ3v) is 7.36. The zero-order valence-electron chi connectivity index (χ0n) is 24.8. The number of carboxylic acids is 1. The van der Waals surface area contributed by atoms with E-state index in [2.05, 4.69) is 19.1 Å². The van der Waals surface area contributed by atoms with Crippen molar-refractivity contribution < 1.29 is 19.4 Å². The zero-order chi connectivity index (χ0) is 27.2. The Morgan fingerprint density at radius 3 is 1.38 bits per heavy atom. The van der Waals surface area contributed by atoms with Gasteiger partial charge in [0.05, 0.1) is 18.9 Å². The number of carbonyl (C=O) groups excluding carboxylic acids is 1. The van der Waals surface area contributed by atoms with E-state index >= 15 is 0 Å². The summed E-state index contributed by atoms with van der Waals surface area (Å²) in [6.07, 6.45) is 35.2. The van der Waals surface area contributed by atoms with E-state index < -0.39 is 11.9 Å². The second-order valence-electron chi connectivity index (χ2n) is 11.0. The Kier molecular flexibility index (Phi) is 28.2. The molecule has 0 saturated carbocycles. The average Bonchev–Trinajstić information content (AvgIpc) is 2.88. The summed E-state index contributed by atoms with van der Waals surface area (Å²) in [6.45, 7) is 4.43. The van der Waals surface area contributed by atoms with Crippen molar-refractivity contribution in [3.05, 3.63) is 12.2 Å². The van der Waals surface area contributed by atoms with Gasteiger partial charge in [-0.15, -0.1) is 0 Å². The van der Waals surface area contributed by atoms with E-state index in [0.717, 1.165) is 19.3 Å². The molecule has 0 aromatic carbocycles. The molecule has 0 saturated heterocycles. The molecule has 0 aliphatic heterocycles. The molecule has 0 aromatic heterocycles. The molecule has 0 aromatic rings. The van der Waals surface area contributed by atoms with Crippen molar-refractivity contribution in [1.82, 2.24) is 0 Å². The van der Waals surface area contributed by atoms with Crippen molar-refractivity contribution >= 4 is 11.9 Å². The number of hydrogen-bond donors (Lipinski definition) is 1. The summed E-state index contributed by atoms with van der Waals surface area (Å²) in [5.41, 5.74) is 0. The molecule has 0 amide bonds. The number of unbranched alkanes of at least 4 members (excludes halogenated alkanes) is 21. The average molecular weight is 523 g/mol. The molecule has 0 radical (unpaired) electrons. The van der Waals surface area contributed by atoms with Gasteiger partial charge in [-0.1, -0.05) is 147 Å². The number of ether oxygens (including phenoxy) is 1. The van der Waals surface area contributed by atoms with Crippen LogP contribution in [-0.2, 0) is 14.3 Å². The predicted octanol–water partition coefficient (Wildman–Crippen LogP) is 10.6. The summed E-state index contributed by atoms with van der Waals surface area (Å²) in [5, 5.41) is 9.04. The van der Waals surface area contributed by atoms with Crippen LogP contribution in [0.5, 0.6) is 0 Å². The first-order valence-electron chi connectivity index (χ1n) is 16.1. The predicted molar refractivity (Wildman–Crippen MR) is 158 cm³/mol. The minimum Gasteiger partial charge on any atom is -0.481 e. The van der Waals surface area contributed by atoms with Crippen LogP contribution in [0, 0.1) is 5.92 Å². The standard InChI is InChI=1S/C33H62O4/c1-3-5-6-7-8-9-10-11-12-13-14-15-16-17-18-19-20-21-22-23-24-25-26-27-28-31(30-32(34)35)33(36)37-29-4-2/h3,5,31H,4,6-30H2,1-2H3,(H,34,35)/b5-3+. The Morgan fingerprint density at radius 2 is 1.03 bits per heavy atom. The van der Waals surface area contributed by atoms with Crippen molar-refractivity contribution in [2.24, 2.45) is 5.92 Å². The topological polar surface area (TPSA) is 63.6 Å². The molecule has 0 fully saturated rings. The zero-order valence-corrected chi connectivity index (χ0v) is 24.8. The first-order valence-corrected chi connectivity index (χ1v) is 16.1. The number of carbonyl (C=O) groups is 2.